The zero-order valence-corrected chi connectivity index (χ0v) is 66.9. The zero-order valence-electron chi connectivity index (χ0n) is 66.9. The number of aliphatic hydroxyl groups excluding tert-OH is 2. The summed E-state index contributed by atoms with van der Waals surface area (Å²) >= 11 is 0. The van der Waals surface area contributed by atoms with Crippen LogP contribution in [-0.4, -0.2) is 214 Å². The lowest BCUT2D eigenvalue weighted by atomic mass is 10.00. The molecule has 0 aliphatic heterocycles. The van der Waals surface area contributed by atoms with Gasteiger partial charge in [0.2, 0.25) is 17.7 Å². The SMILES string of the molecule is CC(C)(C)OC(=O)N[C@@H](Cc1ccccc1)C(=O)N[C@H](CO)Cc1ccc(OCC(=O)O)c(C(=O)O)c1.COC(=O)COc1ccc(C[C@@H](CO)NC(=O)[C@H](Cc2ccccc2)NC(=O)OC(C)(C)C)cc1C(C)=O.COC(=O)COc1ccc(C[C@H](NC(=O)[C@H](Cc2ccccc2)NC(=O)OC(C)(C)C)C(=O)O)cc1C(C)=O.O.O. The number of benzene rings is 6. The number of nitrogens with one attached hydrogen (secondary N) is 6. The number of ether oxygens (including phenoxy) is 8. The van der Waals surface area contributed by atoms with Crippen molar-refractivity contribution in [2.45, 2.75) is 168 Å². The van der Waals surface area contributed by atoms with Crippen molar-refractivity contribution in [2.75, 3.05) is 47.3 Å². The largest absolute Gasteiger partial charge is 0.481 e. The molecule has 0 unspecified atom stereocenters. The molecule has 0 saturated carbocycles. The highest BCUT2D eigenvalue weighted by Crippen LogP contribution is 2.26. The number of hydrogen-bond acceptors (Lipinski definition) is 23. The maximum Gasteiger partial charge on any atom is 0.408 e. The minimum absolute atomic E-state index is 0. The average molecular weight is 1620 g/mol. The van der Waals surface area contributed by atoms with Crippen LogP contribution in [0.5, 0.6) is 17.2 Å². The first-order chi connectivity index (χ1) is 53.6. The Balaban J connectivity index is 0.000000585. The fourth-order valence-electron chi connectivity index (χ4n) is 10.5. The molecule has 0 aliphatic carbocycles. The molecule has 34 nitrogen and oxygen atoms in total. The molecule has 0 radical (unpaired) electrons. The van der Waals surface area contributed by atoms with Gasteiger partial charge < -0.3 is 106 Å². The second-order valence-corrected chi connectivity index (χ2v) is 28.8. The van der Waals surface area contributed by atoms with Crippen molar-refractivity contribution in [1.82, 2.24) is 31.9 Å². The van der Waals surface area contributed by atoms with Crippen LogP contribution in [0.2, 0.25) is 0 Å². The third-order valence-electron chi connectivity index (χ3n) is 15.6. The fraction of sp³-hybridized carbons (Fsp3) is 0.402. The van der Waals surface area contributed by atoms with E-state index < -0.39 is 139 Å². The number of Topliss-reactive ketones (excluding diaryl/α,β-unsaturated/α-hetero) is 2. The minimum Gasteiger partial charge on any atom is -0.481 e. The number of carboxylic acids is 3. The number of esters is 2. The molecular weight excluding hydrogens is 1520 g/mol. The number of amides is 6. The lowest BCUT2D eigenvalue weighted by Gasteiger charge is -2.25. The summed E-state index contributed by atoms with van der Waals surface area (Å²) in [4.78, 5) is 158. The smallest absolute Gasteiger partial charge is 0.408 e. The molecule has 116 heavy (non-hydrogen) atoms. The van der Waals surface area contributed by atoms with Gasteiger partial charge in [0.15, 0.2) is 31.4 Å². The second kappa shape index (κ2) is 48.5. The summed E-state index contributed by atoms with van der Waals surface area (Å²) < 4.78 is 40.7. The van der Waals surface area contributed by atoms with Crippen LogP contribution >= 0.6 is 0 Å². The van der Waals surface area contributed by atoms with E-state index in [1.54, 1.807) is 123 Å². The summed E-state index contributed by atoms with van der Waals surface area (Å²) in [6.45, 7) is 15.7. The summed E-state index contributed by atoms with van der Waals surface area (Å²) in [5.74, 6) is -7.29. The molecule has 6 atom stereocenters. The maximum absolute atomic E-state index is 13.2. The van der Waals surface area contributed by atoms with Crippen molar-refractivity contribution >= 4 is 77.4 Å². The van der Waals surface area contributed by atoms with Crippen LogP contribution in [0.15, 0.2) is 146 Å². The number of ketones is 2. The van der Waals surface area contributed by atoms with Crippen LogP contribution in [-0.2, 0) is 95.8 Å². The Morgan fingerprint density at radius 2 is 0.638 bits per heavy atom. The van der Waals surface area contributed by atoms with E-state index >= 15 is 0 Å². The molecule has 6 aromatic rings. The zero-order chi connectivity index (χ0) is 85.0. The molecule has 0 fully saturated rings. The standard InChI is InChI=1S/C28H34N2O9.C28H36N2O8.C26H32N2O9.2H2O/c1-17(31)20-13-19(11-12-23(20)38-16-24(32)37-5)15-22(26(34)35)29-25(33)21(14-18-9-7-6-8-10-18)30-27(36)39-28(2,3)4;1-18(32)22-14-20(11-12-24(22)37-17-25(33)36-5)13-21(16-31)29-26(34)23(15-19-9-7-6-8-10-19)30-27(35)38-28(2,3)4;1-26(2,3)37-25(35)28-20(13-16-7-5-4-6-8-16)23(32)27-18(14-29)11-17-9-10-21(36-15-22(30)31)19(12-17)24(33)34;;/h6-13,21-22H,14-16H2,1-5H3,(H,29,33)(H,30,36)(H,34,35);6-12,14,21,23,31H,13,15-17H2,1-5H3,(H,29,34)(H,30,35);4-10,12,18,20,29H,11,13-15H2,1-3H3,(H,27,32)(H,28,35)(H,30,31)(H,33,34);2*1H2/t21-,22-;21-,23-;18-,20-;;/m000../s1. The Bertz CT molecular complexity index is 4260. The number of aliphatic hydroxyl groups is 2. The molecule has 15 N–H and O–H groups in total. The Kier molecular flexibility index (Phi) is 41.6. The number of carboxylic acid groups (broad SMARTS) is 3. The van der Waals surface area contributed by atoms with E-state index in [2.05, 4.69) is 41.4 Å². The maximum atomic E-state index is 13.2. The van der Waals surface area contributed by atoms with Crippen LogP contribution in [0.4, 0.5) is 14.4 Å². The molecule has 34 heteroatoms. The highest BCUT2D eigenvalue weighted by Gasteiger charge is 2.32. The summed E-state index contributed by atoms with van der Waals surface area (Å²) in [6.07, 6.45) is -1.75. The van der Waals surface area contributed by atoms with E-state index in [0.29, 0.717) is 16.7 Å². The Labute approximate surface area is 671 Å². The first kappa shape index (κ1) is 99.5. The van der Waals surface area contributed by atoms with Crippen LogP contribution in [0, 0.1) is 0 Å². The van der Waals surface area contributed by atoms with E-state index in [-0.39, 0.29) is 108 Å². The predicted octanol–water partition coefficient (Wildman–Crippen LogP) is 5.64. The van der Waals surface area contributed by atoms with Gasteiger partial charge in [-0.05, 0) is 159 Å². The van der Waals surface area contributed by atoms with Gasteiger partial charge in [0.05, 0.1) is 50.6 Å². The fourth-order valence-corrected chi connectivity index (χ4v) is 10.5. The van der Waals surface area contributed by atoms with Crippen LogP contribution in [0.3, 0.4) is 0 Å². The molecule has 632 valence electrons. The van der Waals surface area contributed by atoms with Crippen LogP contribution in [0.25, 0.3) is 0 Å². The average Bonchev–Trinajstić information content (AvgIpc) is 0.846. The van der Waals surface area contributed by atoms with Crippen molar-refractivity contribution in [3.05, 3.63) is 196 Å². The minimum atomic E-state index is -1.38. The van der Waals surface area contributed by atoms with Crippen molar-refractivity contribution < 1.29 is 137 Å². The third kappa shape index (κ3) is 37.9. The molecule has 0 saturated heterocycles. The van der Waals surface area contributed by atoms with Gasteiger partial charge in [0.1, 0.15) is 63.8 Å². The molecule has 0 aliphatic rings. The van der Waals surface area contributed by atoms with Crippen LogP contribution < -0.4 is 46.1 Å². The van der Waals surface area contributed by atoms with Gasteiger partial charge in [0.25, 0.3) is 0 Å². The molecule has 0 bridgehead atoms. The number of hydrogen-bond donors (Lipinski definition) is 11. The lowest BCUT2D eigenvalue weighted by molar-refractivity contribution is -0.143. The quantitative estimate of drug-likeness (QED) is 0.0129. The van der Waals surface area contributed by atoms with Gasteiger partial charge in [-0.3, -0.25) is 24.0 Å². The topological polar surface area (TPSA) is 532 Å². The molecule has 6 aromatic carbocycles. The first-order valence-corrected chi connectivity index (χ1v) is 35.9. The number of carbonyl (C=O) groups is 13. The summed E-state index contributed by atoms with van der Waals surface area (Å²) in [7, 11) is 2.44. The highest BCUT2D eigenvalue weighted by molar-refractivity contribution is 5.98. The summed E-state index contributed by atoms with van der Waals surface area (Å²) in [5, 5.41) is 63.6. The van der Waals surface area contributed by atoms with Crippen molar-refractivity contribution in [1.29, 1.82) is 0 Å². The van der Waals surface area contributed by atoms with Crippen LogP contribution in [0.1, 0.15) is 141 Å². The van der Waals surface area contributed by atoms with E-state index in [4.69, 9.17) is 33.5 Å². The summed E-state index contributed by atoms with van der Waals surface area (Å²) in [6, 6.07) is 34.5. The number of aliphatic carboxylic acids is 2. The normalized spacial score (nSPS) is 12.3. The summed E-state index contributed by atoms with van der Waals surface area (Å²) in [5.41, 5.74) is 1.73. The van der Waals surface area contributed by atoms with Gasteiger partial charge in [-0.2, -0.15) is 0 Å². The predicted molar refractivity (Wildman–Crippen MR) is 420 cm³/mol. The number of methoxy groups -OCH3 is 2. The van der Waals surface area contributed by atoms with Gasteiger partial charge in [-0.25, -0.2) is 38.4 Å². The van der Waals surface area contributed by atoms with Gasteiger partial charge in [-0.15, -0.1) is 0 Å². The van der Waals surface area contributed by atoms with Gasteiger partial charge in [-0.1, -0.05) is 109 Å². The van der Waals surface area contributed by atoms with Crippen molar-refractivity contribution in [3.63, 3.8) is 0 Å². The van der Waals surface area contributed by atoms with E-state index in [1.807, 2.05) is 48.5 Å². The van der Waals surface area contributed by atoms with E-state index in [0.717, 1.165) is 16.7 Å². The van der Waals surface area contributed by atoms with Crippen molar-refractivity contribution in [2.24, 2.45) is 0 Å². The lowest BCUT2D eigenvalue weighted by Crippen LogP contribution is -2.53. The van der Waals surface area contributed by atoms with E-state index in [9.17, 15) is 82.8 Å². The second-order valence-electron chi connectivity index (χ2n) is 28.8. The Morgan fingerprint density at radius 1 is 0.353 bits per heavy atom. The molecule has 0 heterocycles. The Morgan fingerprint density at radius 3 is 0.914 bits per heavy atom. The molecule has 0 spiro atoms. The number of carbonyl (C=O) groups excluding carboxylic acids is 10. The Hall–Kier alpha value is -12.5. The molecular formula is C82H106N6O28. The van der Waals surface area contributed by atoms with Crippen molar-refractivity contribution in [3.8, 4) is 17.2 Å². The third-order valence-corrected chi connectivity index (χ3v) is 15.6. The highest BCUT2D eigenvalue weighted by atomic mass is 16.6. The van der Waals surface area contributed by atoms with Gasteiger partial charge >= 0.3 is 48.1 Å². The first-order valence-electron chi connectivity index (χ1n) is 35.9. The molecule has 6 rings (SSSR count). The monoisotopic (exact) mass is 1620 g/mol. The molecule has 6 amide bonds. The number of rotatable bonds is 36. The number of alkyl carbamates (subject to hydrolysis) is 3. The molecule has 0 aromatic heterocycles. The van der Waals surface area contributed by atoms with Gasteiger partial charge in [0, 0.05) is 25.7 Å². The van der Waals surface area contributed by atoms with E-state index in [1.165, 1.54) is 64.5 Å². The number of aromatic carboxylic acids is 1.